The van der Waals surface area contributed by atoms with Crippen molar-refractivity contribution in [2.45, 2.75) is 6.10 Å². The van der Waals surface area contributed by atoms with Gasteiger partial charge in [-0.1, -0.05) is 0 Å². The van der Waals surface area contributed by atoms with Crippen LogP contribution >= 0.6 is 0 Å². The Morgan fingerprint density at radius 1 is 1.45 bits per heavy atom. The van der Waals surface area contributed by atoms with Crippen LogP contribution in [0.3, 0.4) is 0 Å². The summed E-state index contributed by atoms with van der Waals surface area (Å²) < 4.78 is 5.32. The first kappa shape index (κ1) is 14.2. The van der Waals surface area contributed by atoms with Crippen LogP contribution in [0.5, 0.6) is 0 Å². The summed E-state index contributed by atoms with van der Waals surface area (Å²) in [5, 5.41) is 11.6. The molecule has 0 radical (unpaired) electrons. The second-order valence-electron chi connectivity index (χ2n) is 4.97. The van der Waals surface area contributed by atoms with Gasteiger partial charge in [0.15, 0.2) is 6.10 Å². The molecule has 1 fully saturated rings. The fraction of sp³-hybridized carbons (Fsp3) is 0.286. The monoisotopic (exact) mass is 302 g/mol. The number of nitro benzene ring substituents is 1. The summed E-state index contributed by atoms with van der Waals surface area (Å²) in [7, 11) is 0. The molecule has 2 N–H and O–H groups in total. The van der Waals surface area contributed by atoms with E-state index in [0.29, 0.717) is 30.6 Å². The molecular weight excluding hydrogens is 288 g/mol. The molecule has 1 atom stereocenters. The molecule has 0 aliphatic carbocycles. The summed E-state index contributed by atoms with van der Waals surface area (Å²) in [5.41, 5.74) is 6.56. The number of fused-ring (bicyclic) bond motifs is 1. The number of aromatic nitrogens is 1. The van der Waals surface area contributed by atoms with Crippen molar-refractivity contribution in [2.75, 3.05) is 24.6 Å². The van der Waals surface area contributed by atoms with Crippen LogP contribution in [0, 0.1) is 10.1 Å². The topological polar surface area (TPSA) is 112 Å². The molecular formula is C14H14N4O4. The van der Waals surface area contributed by atoms with E-state index in [0.717, 1.165) is 5.69 Å². The van der Waals surface area contributed by atoms with E-state index in [4.69, 9.17) is 10.5 Å². The number of primary amides is 1. The van der Waals surface area contributed by atoms with Crippen LogP contribution in [0.2, 0.25) is 0 Å². The van der Waals surface area contributed by atoms with Crippen LogP contribution in [-0.4, -0.2) is 41.6 Å². The first-order valence-corrected chi connectivity index (χ1v) is 6.76. The lowest BCUT2D eigenvalue weighted by Gasteiger charge is -2.33. The van der Waals surface area contributed by atoms with Gasteiger partial charge in [0.05, 0.1) is 29.1 Å². The van der Waals surface area contributed by atoms with E-state index in [2.05, 4.69) is 4.98 Å². The van der Waals surface area contributed by atoms with Gasteiger partial charge < -0.3 is 15.4 Å². The molecule has 1 aromatic heterocycles. The zero-order chi connectivity index (χ0) is 15.7. The highest BCUT2D eigenvalue weighted by molar-refractivity contribution is 5.97. The number of hydrogen-bond acceptors (Lipinski definition) is 6. The number of nitrogens with two attached hydrogens (primary N) is 1. The molecule has 1 aromatic carbocycles. The van der Waals surface area contributed by atoms with Gasteiger partial charge in [-0.05, 0) is 18.2 Å². The number of ether oxygens (including phenoxy) is 1. The minimum Gasteiger partial charge on any atom is -0.367 e. The smallest absolute Gasteiger partial charge is 0.278 e. The van der Waals surface area contributed by atoms with E-state index in [1.807, 2.05) is 4.90 Å². The molecule has 0 saturated carbocycles. The number of rotatable bonds is 3. The predicted octanol–water partition coefficient (Wildman–Crippen LogP) is 0.834. The summed E-state index contributed by atoms with van der Waals surface area (Å²) in [6, 6.07) is 6.42. The van der Waals surface area contributed by atoms with Crippen LogP contribution in [0.25, 0.3) is 10.9 Å². The molecule has 3 rings (SSSR count). The summed E-state index contributed by atoms with van der Waals surface area (Å²) >= 11 is 0. The minimum atomic E-state index is -0.692. The molecule has 1 saturated heterocycles. The second kappa shape index (κ2) is 5.57. The lowest BCUT2D eigenvalue weighted by Crippen LogP contribution is -2.48. The molecule has 1 aliphatic rings. The minimum absolute atomic E-state index is 0.00607. The second-order valence-corrected chi connectivity index (χ2v) is 4.97. The van der Waals surface area contributed by atoms with Gasteiger partial charge in [0.25, 0.3) is 5.69 Å². The van der Waals surface area contributed by atoms with Crippen molar-refractivity contribution in [1.29, 1.82) is 0 Å². The van der Waals surface area contributed by atoms with Gasteiger partial charge in [-0.25, -0.2) is 0 Å². The standard InChI is InChI=1S/C14H14N4O4/c15-14(19)12-8-17(6-7-22-12)11-4-3-10(18(20)21)9-2-1-5-16-13(9)11/h1-5,12H,6-8H2,(H2,15,19). The van der Waals surface area contributed by atoms with Crippen LogP contribution in [0.15, 0.2) is 30.5 Å². The Hall–Kier alpha value is -2.74. The van der Waals surface area contributed by atoms with Gasteiger partial charge in [0, 0.05) is 18.8 Å². The van der Waals surface area contributed by atoms with Crippen LogP contribution in [-0.2, 0) is 9.53 Å². The lowest BCUT2D eigenvalue weighted by atomic mass is 10.1. The van der Waals surface area contributed by atoms with Crippen molar-refractivity contribution in [1.82, 2.24) is 4.98 Å². The fourth-order valence-corrected chi connectivity index (χ4v) is 2.60. The molecule has 1 unspecified atom stereocenters. The number of amides is 1. The molecule has 1 amide bonds. The van der Waals surface area contributed by atoms with Crippen molar-refractivity contribution in [3.05, 3.63) is 40.6 Å². The largest absolute Gasteiger partial charge is 0.367 e. The van der Waals surface area contributed by atoms with Crippen molar-refractivity contribution in [3.8, 4) is 0 Å². The summed E-state index contributed by atoms with van der Waals surface area (Å²) in [4.78, 5) is 28.2. The molecule has 1 aliphatic heterocycles. The van der Waals surface area contributed by atoms with Crippen molar-refractivity contribution in [2.24, 2.45) is 5.73 Å². The number of morpholine rings is 1. The zero-order valence-electron chi connectivity index (χ0n) is 11.6. The highest BCUT2D eigenvalue weighted by Crippen LogP contribution is 2.32. The van der Waals surface area contributed by atoms with Gasteiger partial charge >= 0.3 is 0 Å². The number of hydrogen-bond donors (Lipinski definition) is 1. The number of nitro groups is 1. The first-order chi connectivity index (χ1) is 10.6. The van der Waals surface area contributed by atoms with E-state index in [9.17, 15) is 14.9 Å². The van der Waals surface area contributed by atoms with Gasteiger partial charge in [0.1, 0.15) is 5.52 Å². The predicted molar refractivity (Wildman–Crippen MR) is 79.5 cm³/mol. The number of carbonyl (C=O) groups excluding carboxylic acids is 1. The Morgan fingerprint density at radius 3 is 3.00 bits per heavy atom. The van der Waals surface area contributed by atoms with Crippen molar-refractivity contribution < 1.29 is 14.5 Å². The Bertz CT molecular complexity index is 749. The van der Waals surface area contributed by atoms with Crippen LogP contribution in [0.4, 0.5) is 11.4 Å². The average molecular weight is 302 g/mol. The number of nitrogens with zero attached hydrogens (tertiary/aromatic N) is 3. The Kier molecular flexibility index (Phi) is 3.60. The normalized spacial score (nSPS) is 18.4. The van der Waals surface area contributed by atoms with Crippen LogP contribution < -0.4 is 10.6 Å². The molecule has 0 bridgehead atoms. The average Bonchev–Trinajstić information content (AvgIpc) is 2.53. The maximum atomic E-state index is 11.3. The third kappa shape index (κ3) is 2.44. The highest BCUT2D eigenvalue weighted by atomic mass is 16.6. The Balaban J connectivity index is 2.06. The van der Waals surface area contributed by atoms with Crippen LogP contribution in [0.1, 0.15) is 0 Å². The van der Waals surface area contributed by atoms with Crippen molar-refractivity contribution >= 4 is 28.2 Å². The third-order valence-corrected chi connectivity index (χ3v) is 3.65. The SMILES string of the molecule is NC(=O)C1CN(c2ccc([N+](=O)[O-])c3cccnc23)CCO1. The van der Waals surface area contributed by atoms with Gasteiger partial charge in [-0.2, -0.15) is 0 Å². The first-order valence-electron chi connectivity index (χ1n) is 6.76. The van der Waals surface area contributed by atoms with E-state index >= 15 is 0 Å². The maximum Gasteiger partial charge on any atom is 0.278 e. The summed E-state index contributed by atoms with van der Waals surface area (Å²) in [6.45, 7) is 1.23. The summed E-state index contributed by atoms with van der Waals surface area (Å²) in [6.07, 6.45) is 0.893. The lowest BCUT2D eigenvalue weighted by molar-refractivity contribution is -0.383. The number of benzene rings is 1. The van der Waals surface area contributed by atoms with E-state index < -0.39 is 16.9 Å². The Morgan fingerprint density at radius 2 is 2.27 bits per heavy atom. The molecule has 22 heavy (non-hydrogen) atoms. The van der Waals surface area contributed by atoms with Gasteiger partial charge in [0.2, 0.25) is 5.91 Å². The summed E-state index contributed by atoms with van der Waals surface area (Å²) in [5.74, 6) is -0.524. The quantitative estimate of drug-likeness (QED) is 0.664. The molecule has 2 aromatic rings. The maximum absolute atomic E-state index is 11.3. The van der Waals surface area contributed by atoms with E-state index in [1.165, 1.54) is 6.07 Å². The number of carbonyl (C=O) groups is 1. The molecule has 8 heteroatoms. The number of non-ortho nitro benzene ring substituents is 1. The molecule has 8 nitrogen and oxygen atoms in total. The van der Waals surface area contributed by atoms with Gasteiger partial charge in [-0.3, -0.25) is 19.9 Å². The Labute approximate surface area is 125 Å². The third-order valence-electron chi connectivity index (χ3n) is 3.65. The van der Waals surface area contributed by atoms with Crippen molar-refractivity contribution in [3.63, 3.8) is 0 Å². The fourth-order valence-electron chi connectivity index (χ4n) is 2.60. The van der Waals surface area contributed by atoms with Gasteiger partial charge in [-0.15, -0.1) is 0 Å². The van der Waals surface area contributed by atoms with E-state index in [1.54, 1.807) is 24.4 Å². The number of anilines is 1. The zero-order valence-corrected chi connectivity index (χ0v) is 11.6. The molecule has 2 heterocycles. The molecule has 114 valence electrons. The highest BCUT2D eigenvalue weighted by Gasteiger charge is 2.27. The van der Waals surface area contributed by atoms with E-state index in [-0.39, 0.29) is 5.69 Å². The number of pyridine rings is 1. The molecule has 0 spiro atoms.